The smallest absolute Gasteiger partial charge is 0.338 e. The topological polar surface area (TPSA) is 105 Å². The van der Waals surface area contributed by atoms with Gasteiger partial charge in [-0.25, -0.2) is 13.2 Å². The average Bonchev–Trinajstić information content (AvgIpc) is 3.31. The number of carbonyl (C=O) groups is 2. The van der Waals surface area contributed by atoms with E-state index >= 15 is 0 Å². The monoisotopic (exact) mass is 451 g/mol. The Morgan fingerprint density at radius 3 is 2.93 bits per heavy atom. The first-order chi connectivity index (χ1) is 13.8. The van der Waals surface area contributed by atoms with E-state index < -0.39 is 22.1 Å². The fourth-order valence-corrected chi connectivity index (χ4v) is 5.81. The fraction of sp³-hybridized carbons (Fsp3) is 0.278. The zero-order valence-corrected chi connectivity index (χ0v) is 17.8. The summed E-state index contributed by atoms with van der Waals surface area (Å²) < 4.78 is 32.5. The van der Waals surface area contributed by atoms with Crippen LogP contribution in [-0.4, -0.2) is 43.9 Å². The molecule has 1 aromatic carbocycles. The number of hydrogen-bond acceptors (Lipinski definition) is 8. The lowest BCUT2D eigenvalue weighted by atomic mass is 10.2. The van der Waals surface area contributed by atoms with Crippen LogP contribution >= 0.6 is 23.1 Å². The number of thioether (sulfide) groups is 1. The van der Waals surface area contributed by atoms with Crippen LogP contribution in [0.15, 0.2) is 45.0 Å². The maximum Gasteiger partial charge on any atom is 0.338 e. The highest BCUT2D eigenvalue weighted by atomic mass is 32.2. The number of fused-ring (bicyclic) bond motifs is 3. The first-order valence-electron chi connectivity index (χ1n) is 8.75. The molecule has 0 fully saturated rings. The van der Waals surface area contributed by atoms with Gasteiger partial charge >= 0.3 is 5.97 Å². The van der Waals surface area contributed by atoms with Crippen LogP contribution in [0.5, 0.6) is 0 Å². The molecule has 2 aromatic rings. The normalized spacial score (nSPS) is 17.7. The van der Waals surface area contributed by atoms with Crippen molar-refractivity contribution in [3.05, 3.63) is 46.2 Å². The lowest BCUT2D eigenvalue weighted by Gasteiger charge is -2.22. The van der Waals surface area contributed by atoms with E-state index in [1.165, 1.54) is 30.0 Å². The molecule has 1 unspecified atom stereocenters. The van der Waals surface area contributed by atoms with Crippen LogP contribution in [0.1, 0.15) is 22.2 Å². The molecule has 3 heterocycles. The first kappa shape index (κ1) is 19.9. The number of anilines is 1. The van der Waals surface area contributed by atoms with E-state index in [1.807, 2.05) is 22.4 Å². The molecule has 2 aliphatic rings. The van der Waals surface area contributed by atoms with Gasteiger partial charge in [-0.1, -0.05) is 6.07 Å². The third kappa shape index (κ3) is 4.31. The van der Waals surface area contributed by atoms with Gasteiger partial charge in [0.2, 0.25) is 0 Å². The van der Waals surface area contributed by atoms with Gasteiger partial charge in [-0.3, -0.25) is 4.79 Å². The molecule has 152 valence electrons. The Bertz CT molecular complexity index is 1100. The van der Waals surface area contributed by atoms with E-state index in [4.69, 9.17) is 4.74 Å². The fourth-order valence-electron chi connectivity index (χ4n) is 2.87. The molecular weight excluding hydrogens is 434 g/mol. The SMILES string of the molecule is CC(OC(=O)c1ccc2c(c1)SC1=NS(=O)(=O)CCN12)C(=O)NCc1cccs1. The summed E-state index contributed by atoms with van der Waals surface area (Å²) in [5.74, 6) is -1.04. The zero-order chi connectivity index (χ0) is 20.6. The number of benzene rings is 1. The molecule has 2 aliphatic heterocycles. The highest BCUT2D eigenvalue weighted by Crippen LogP contribution is 2.42. The molecule has 1 aromatic heterocycles. The lowest BCUT2D eigenvalue weighted by Crippen LogP contribution is -2.35. The van der Waals surface area contributed by atoms with Crippen molar-refractivity contribution in [2.24, 2.45) is 4.40 Å². The van der Waals surface area contributed by atoms with Crippen LogP contribution in [0.2, 0.25) is 0 Å². The van der Waals surface area contributed by atoms with Crippen molar-refractivity contribution in [2.75, 3.05) is 17.2 Å². The molecule has 0 bridgehead atoms. The molecule has 1 atom stereocenters. The number of amides is 1. The highest BCUT2D eigenvalue weighted by Gasteiger charge is 2.33. The standard InChI is InChI=1S/C18H17N3O5S3/c1-11(16(22)19-10-13-3-2-7-27-13)26-17(23)12-4-5-14-15(9-12)28-18-20-29(24,25)8-6-21(14)18/h2-5,7,9,11H,6,8,10H2,1H3,(H,19,22). The van der Waals surface area contributed by atoms with Crippen molar-refractivity contribution in [3.63, 3.8) is 0 Å². The quantitative estimate of drug-likeness (QED) is 0.695. The maximum atomic E-state index is 12.5. The molecule has 0 aliphatic carbocycles. The van der Waals surface area contributed by atoms with Crippen molar-refractivity contribution < 1.29 is 22.7 Å². The second-order valence-electron chi connectivity index (χ2n) is 6.44. The number of nitrogens with one attached hydrogen (secondary N) is 1. The summed E-state index contributed by atoms with van der Waals surface area (Å²) >= 11 is 2.73. The van der Waals surface area contributed by atoms with Crippen molar-refractivity contribution in [1.82, 2.24) is 5.32 Å². The number of sulfonamides is 1. The number of ether oxygens (including phenoxy) is 1. The van der Waals surface area contributed by atoms with Crippen LogP contribution in [0.4, 0.5) is 5.69 Å². The molecule has 11 heteroatoms. The Kier molecular flexibility index (Phi) is 5.36. The number of amidine groups is 1. The van der Waals surface area contributed by atoms with Crippen LogP contribution in [0.3, 0.4) is 0 Å². The second kappa shape index (κ2) is 7.81. The summed E-state index contributed by atoms with van der Waals surface area (Å²) in [4.78, 5) is 28.2. The van der Waals surface area contributed by atoms with Gasteiger partial charge in [-0.05, 0) is 48.3 Å². The molecule has 29 heavy (non-hydrogen) atoms. The summed E-state index contributed by atoms with van der Waals surface area (Å²) in [6, 6.07) is 8.78. The minimum Gasteiger partial charge on any atom is -0.449 e. The number of esters is 1. The lowest BCUT2D eigenvalue weighted by molar-refractivity contribution is -0.129. The largest absolute Gasteiger partial charge is 0.449 e. The highest BCUT2D eigenvalue weighted by molar-refractivity contribution is 8.15. The van der Waals surface area contributed by atoms with E-state index in [-0.39, 0.29) is 17.2 Å². The number of rotatable bonds is 5. The molecular formula is C18H17N3O5S3. The summed E-state index contributed by atoms with van der Waals surface area (Å²) in [5.41, 5.74) is 1.10. The minimum atomic E-state index is -3.44. The molecule has 0 saturated heterocycles. The molecule has 8 nitrogen and oxygen atoms in total. The van der Waals surface area contributed by atoms with Gasteiger partial charge in [0.1, 0.15) is 0 Å². The minimum absolute atomic E-state index is 0.0433. The molecule has 1 amide bonds. The van der Waals surface area contributed by atoms with E-state index in [2.05, 4.69) is 9.71 Å². The molecule has 0 radical (unpaired) electrons. The summed E-state index contributed by atoms with van der Waals surface area (Å²) in [5, 5.41) is 5.04. The van der Waals surface area contributed by atoms with E-state index in [0.717, 1.165) is 15.5 Å². The van der Waals surface area contributed by atoms with Crippen molar-refractivity contribution in [2.45, 2.75) is 24.5 Å². The third-order valence-electron chi connectivity index (χ3n) is 4.38. The van der Waals surface area contributed by atoms with Gasteiger partial charge in [-0.15, -0.1) is 15.7 Å². The number of hydrogen-bond donors (Lipinski definition) is 1. The molecule has 4 rings (SSSR count). The van der Waals surface area contributed by atoms with Gasteiger partial charge in [0, 0.05) is 16.3 Å². The van der Waals surface area contributed by atoms with E-state index in [9.17, 15) is 18.0 Å². The van der Waals surface area contributed by atoms with Gasteiger partial charge < -0.3 is 15.0 Å². The molecule has 0 saturated carbocycles. The molecule has 0 spiro atoms. The van der Waals surface area contributed by atoms with E-state index in [0.29, 0.717) is 18.3 Å². The Balaban J connectivity index is 1.41. The zero-order valence-electron chi connectivity index (χ0n) is 15.3. The Morgan fingerprint density at radius 1 is 1.34 bits per heavy atom. The van der Waals surface area contributed by atoms with Crippen LogP contribution in [0.25, 0.3) is 0 Å². The summed E-state index contributed by atoms with van der Waals surface area (Å²) in [6.07, 6.45) is -0.941. The Hall–Kier alpha value is -2.37. The predicted molar refractivity (Wildman–Crippen MR) is 112 cm³/mol. The summed E-state index contributed by atoms with van der Waals surface area (Å²) in [7, 11) is -3.44. The van der Waals surface area contributed by atoms with Crippen LogP contribution in [-0.2, 0) is 26.1 Å². The van der Waals surface area contributed by atoms with Crippen molar-refractivity contribution in [1.29, 1.82) is 0 Å². The summed E-state index contributed by atoms with van der Waals surface area (Å²) in [6.45, 7) is 2.23. The predicted octanol–water partition coefficient (Wildman–Crippen LogP) is 2.22. The third-order valence-corrected chi connectivity index (χ3v) is 7.56. The van der Waals surface area contributed by atoms with E-state index in [1.54, 1.807) is 18.2 Å². The average molecular weight is 452 g/mol. The van der Waals surface area contributed by atoms with Crippen LogP contribution in [0, 0.1) is 0 Å². The van der Waals surface area contributed by atoms with Gasteiger partial charge in [-0.2, -0.15) is 0 Å². The van der Waals surface area contributed by atoms with Gasteiger partial charge in [0.25, 0.3) is 15.9 Å². The Morgan fingerprint density at radius 2 is 2.17 bits per heavy atom. The maximum absolute atomic E-state index is 12.5. The molecule has 1 N–H and O–H groups in total. The van der Waals surface area contributed by atoms with Crippen molar-refractivity contribution >= 4 is 55.9 Å². The second-order valence-corrected chi connectivity index (χ2v) is 10.2. The van der Waals surface area contributed by atoms with Crippen molar-refractivity contribution in [3.8, 4) is 0 Å². The van der Waals surface area contributed by atoms with Gasteiger partial charge in [0.15, 0.2) is 11.3 Å². The first-order valence-corrected chi connectivity index (χ1v) is 12.1. The number of nitrogens with zero attached hydrogens (tertiary/aromatic N) is 2. The number of carbonyl (C=O) groups excluding carboxylic acids is 2. The Labute approximate surface area is 176 Å². The van der Waals surface area contributed by atoms with Crippen LogP contribution < -0.4 is 10.2 Å². The number of thiophene rings is 1. The van der Waals surface area contributed by atoms with Gasteiger partial charge in [0.05, 0.1) is 23.5 Å².